The summed E-state index contributed by atoms with van der Waals surface area (Å²) in [4.78, 5) is 13.2. The number of hydrazone groups is 1. The molecule has 0 spiro atoms. The van der Waals surface area contributed by atoms with Crippen molar-refractivity contribution in [1.29, 1.82) is 0 Å². The zero-order chi connectivity index (χ0) is 20.2. The van der Waals surface area contributed by atoms with Gasteiger partial charge in [-0.05, 0) is 48.0 Å². The fourth-order valence-corrected chi connectivity index (χ4v) is 3.21. The summed E-state index contributed by atoms with van der Waals surface area (Å²) in [6.07, 6.45) is 3.38. The average molecular weight is 388 g/mol. The summed E-state index contributed by atoms with van der Waals surface area (Å²) in [5, 5.41) is 5.93. The Morgan fingerprint density at radius 2 is 1.90 bits per heavy atom. The first-order chi connectivity index (χ1) is 14.2. The van der Waals surface area contributed by atoms with E-state index in [0.717, 1.165) is 16.9 Å². The highest BCUT2D eigenvalue weighted by atomic mass is 16.5. The van der Waals surface area contributed by atoms with Gasteiger partial charge >= 0.3 is 0 Å². The van der Waals surface area contributed by atoms with Crippen LogP contribution in [0.1, 0.15) is 16.9 Å². The lowest BCUT2D eigenvalue weighted by Crippen LogP contribution is -2.21. The third-order valence-corrected chi connectivity index (χ3v) is 4.55. The average Bonchev–Trinajstić information content (AvgIpc) is 3.38. The van der Waals surface area contributed by atoms with E-state index in [9.17, 15) is 4.79 Å². The summed E-state index contributed by atoms with van der Waals surface area (Å²) in [7, 11) is 3.25. The van der Waals surface area contributed by atoms with Crippen LogP contribution in [0.4, 0.5) is 5.69 Å². The van der Waals surface area contributed by atoms with E-state index in [-0.39, 0.29) is 5.91 Å². The number of amides is 1. The molecule has 1 aliphatic heterocycles. The van der Waals surface area contributed by atoms with Crippen LogP contribution in [0.15, 0.2) is 82.0 Å². The highest BCUT2D eigenvalue weighted by Gasteiger charge is 2.33. The highest BCUT2D eigenvalue weighted by molar-refractivity contribution is 6.36. The number of nitrogens with zero attached hydrogens (tertiary/aromatic N) is 2. The maximum absolute atomic E-state index is 13.2. The quantitative estimate of drug-likeness (QED) is 0.592. The van der Waals surface area contributed by atoms with Crippen molar-refractivity contribution in [2.45, 2.75) is 6.61 Å². The summed E-state index contributed by atoms with van der Waals surface area (Å²) in [5.41, 5.74) is 3.38. The minimum absolute atomic E-state index is 0.216. The largest absolute Gasteiger partial charge is 0.496 e. The molecule has 1 aliphatic rings. The molecule has 1 amide bonds. The molecule has 4 rings (SSSR count). The second-order valence-corrected chi connectivity index (χ2v) is 6.44. The number of rotatable bonds is 6. The van der Waals surface area contributed by atoms with Crippen LogP contribution in [0, 0.1) is 0 Å². The number of methoxy groups -OCH3 is 2. The van der Waals surface area contributed by atoms with Crippen molar-refractivity contribution in [1.82, 2.24) is 0 Å². The molecule has 6 nitrogen and oxygen atoms in total. The predicted molar refractivity (Wildman–Crippen MR) is 111 cm³/mol. The van der Waals surface area contributed by atoms with Gasteiger partial charge in [-0.1, -0.05) is 24.3 Å². The molecule has 0 atom stereocenters. The SMILES string of the molecule is COCc1cc(/C=C2/C(=O)N(c3ccccc3)N=C2c2ccco2)ccc1OC. The first-order valence-corrected chi connectivity index (χ1v) is 9.11. The summed E-state index contributed by atoms with van der Waals surface area (Å²) in [6, 6.07) is 18.6. The zero-order valence-corrected chi connectivity index (χ0v) is 16.2. The van der Waals surface area contributed by atoms with E-state index in [1.807, 2.05) is 54.6 Å². The molecule has 0 radical (unpaired) electrons. The Kier molecular flexibility index (Phi) is 5.27. The smallest absolute Gasteiger partial charge is 0.281 e. The molecular weight excluding hydrogens is 368 g/mol. The number of ether oxygens (including phenoxy) is 2. The Labute approximate surface area is 168 Å². The maximum Gasteiger partial charge on any atom is 0.281 e. The molecule has 146 valence electrons. The number of benzene rings is 2. The minimum atomic E-state index is -0.216. The van der Waals surface area contributed by atoms with E-state index in [1.165, 1.54) is 5.01 Å². The summed E-state index contributed by atoms with van der Waals surface area (Å²) >= 11 is 0. The van der Waals surface area contributed by atoms with Gasteiger partial charge in [-0.15, -0.1) is 0 Å². The number of furan rings is 1. The maximum atomic E-state index is 13.2. The first-order valence-electron chi connectivity index (χ1n) is 9.11. The van der Waals surface area contributed by atoms with Gasteiger partial charge in [0.2, 0.25) is 0 Å². The van der Waals surface area contributed by atoms with Gasteiger partial charge in [-0.3, -0.25) is 4.79 Å². The van der Waals surface area contributed by atoms with Crippen LogP contribution >= 0.6 is 0 Å². The van der Waals surface area contributed by atoms with E-state index >= 15 is 0 Å². The number of anilines is 1. The molecule has 0 unspecified atom stereocenters. The van der Waals surface area contributed by atoms with Gasteiger partial charge in [0.15, 0.2) is 5.76 Å². The zero-order valence-electron chi connectivity index (χ0n) is 16.2. The van der Waals surface area contributed by atoms with Crippen molar-refractivity contribution in [2.75, 3.05) is 19.2 Å². The van der Waals surface area contributed by atoms with Crippen LogP contribution in [-0.4, -0.2) is 25.8 Å². The van der Waals surface area contributed by atoms with Crippen molar-refractivity contribution >= 4 is 23.4 Å². The third-order valence-electron chi connectivity index (χ3n) is 4.55. The number of carbonyl (C=O) groups is 1. The normalized spacial score (nSPS) is 15.1. The van der Waals surface area contributed by atoms with Gasteiger partial charge in [0.05, 0.1) is 31.2 Å². The number of hydrogen-bond donors (Lipinski definition) is 0. The van der Waals surface area contributed by atoms with E-state index in [0.29, 0.717) is 29.3 Å². The summed E-state index contributed by atoms with van der Waals surface area (Å²) in [6.45, 7) is 0.406. The van der Waals surface area contributed by atoms with Crippen LogP contribution in [0.25, 0.3) is 6.08 Å². The molecule has 6 heteroatoms. The Morgan fingerprint density at radius 1 is 1.07 bits per heavy atom. The van der Waals surface area contributed by atoms with Crippen molar-refractivity contribution < 1.29 is 18.7 Å². The molecule has 0 aliphatic carbocycles. The van der Waals surface area contributed by atoms with Gasteiger partial charge < -0.3 is 13.9 Å². The molecule has 0 saturated heterocycles. The van der Waals surface area contributed by atoms with Crippen LogP contribution in [-0.2, 0) is 16.1 Å². The lowest BCUT2D eigenvalue weighted by atomic mass is 10.0. The second kappa shape index (κ2) is 8.16. The van der Waals surface area contributed by atoms with Gasteiger partial charge in [0, 0.05) is 12.7 Å². The van der Waals surface area contributed by atoms with Crippen LogP contribution in [0.2, 0.25) is 0 Å². The molecule has 29 heavy (non-hydrogen) atoms. The minimum Gasteiger partial charge on any atom is -0.496 e. The van der Waals surface area contributed by atoms with Crippen molar-refractivity contribution in [3.8, 4) is 5.75 Å². The van der Waals surface area contributed by atoms with Crippen LogP contribution in [0.5, 0.6) is 5.75 Å². The van der Waals surface area contributed by atoms with Crippen molar-refractivity contribution in [3.63, 3.8) is 0 Å². The molecule has 2 heterocycles. The Balaban J connectivity index is 1.78. The topological polar surface area (TPSA) is 64.3 Å². The van der Waals surface area contributed by atoms with Crippen molar-refractivity contribution in [2.24, 2.45) is 5.10 Å². The Hall–Kier alpha value is -3.64. The van der Waals surface area contributed by atoms with E-state index < -0.39 is 0 Å². The summed E-state index contributed by atoms with van der Waals surface area (Å²) < 4.78 is 16.2. The van der Waals surface area contributed by atoms with Gasteiger partial charge in [0.1, 0.15) is 11.5 Å². The van der Waals surface area contributed by atoms with E-state index in [1.54, 1.807) is 32.6 Å². The molecule has 3 aromatic rings. The number of hydrogen-bond acceptors (Lipinski definition) is 5. The monoisotopic (exact) mass is 388 g/mol. The van der Waals surface area contributed by atoms with E-state index in [4.69, 9.17) is 13.9 Å². The molecular formula is C23H20N2O4. The van der Waals surface area contributed by atoms with Gasteiger partial charge in [-0.25, -0.2) is 0 Å². The van der Waals surface area contributed by atoms with Crippen LogP contribution in [0.3, 0.4) is 0 Å². The van der Waals surface area contributed by atoms with Gasteiger partial charge in [0.25, 0.3) is 5.91 Å². The first kappa shape index (κ1) is 18.7. The fourth-order valence-electron chi connectivity index (χ4n) is 3.21. The lowest BCUT2D eigenvalue weighted by Gasteiger charge is -2.11. The molecule has 0 N–H and O–H groups in total. The fraction of sp³-hybridized carbons (Fsp3) is 0.130. The third kappa shape index (κ3) is 3.70. The molecule has 0 fully saturated rings. The molecule has 0 saturated carbocycles. The number of para-hydroxylation sites is 1. The van der Waals surface area contributed by atoms with Gasteiger partial charge in [-0.2, -0.15) is 10.1 Å². The molecule has 0 bridgehead atoms. The summed E-state index contributed by atoms with van der Waals surface area (Å²) in [5.74, 6) is 1.05. The number of carbonyl (C=O) groups excluding carboxylic acids is 1. The molecule has 2 aromatic carbocycles. The Morgan fingerprint density at radius 3 is 2.59 bits per heavy atom. The second-order valence-electron chi connectivity index (χ2n) is 6.44. The Bertz CT molecular complexity index is 1070. The predicted octanol–water partition coefficient (Wildman–Crippen LogP) is 4.27. The van der Waals surface area contributed by atoms with Crippen LogP contribution < -0.4 is 9.75 Å². The highest BCUT2D eigenvalue weighted by Crippen LogP contribution is 2.29. The standard InChI is InChI=1S/C23H20N2O4/c1-27-15-17-13-16(10-11-20(17)28-2)14-19-22(21-9-6-12-29-21)24-25(23(19)26)18-7-4-3-5-8-18/h3-14H,15H2,1-2H3/b19-14+. The lowest BCUT2D eigenvalue weighted by molar-refractivity contribution is -0.114. The molecule has 1 aromatic heterocycles. The van der Waals surface area contributed by atoms with Crippen molar-refractivity contribution in [3.05, 3.63) is 89.4 Å². The van der Waals surface area contributed by atoms with E-state index in [2.05, 4.69) is 5.10 Å².